The molecule has 1 fully saturated rings. The lowest BCUT2D eigenvalue weighted by molar-refractivity contribution is 0.0973. The Morgan fingerprint density at radius 1 is 1.09 bits per heavy atom. The molecule has 0 N–H and O–H groups in total. The summed E-state index contributed by atoms with van der Waals surface area (Å²) in [5.41, 5.74) is 0.474. The van der Waals surface area contributed by atoms with Crippen LogP contribution in [-0.4, -0.2) is 31.6 Å². The number of ether oxygens (including phenoxy) is 1. The van der Waals surface area contributed by atoms with Crippen LogP contribution in [0.1, 0.15) is 42.1 Å². The highest BCUT2D eigenvalue weighted by molar-refractivity contribution is 6.30. The molecule has 2 aromatic heterocycles. The predicted octanol–water partition coefficient (Wildman–Crippen LogP) is 4.01. The maximum absolute atomic E-state index is 13.7. The van der Waals surface area contributed by atoms with Crippen molar-refractivity contribution in [2.24, 2.45) is 0 Å². The van der Waals surface area contributed by atoms with E-state index in [1.165, 1.54) is 27.1 Å². The van der Waals surface area contributed by atoms with Crippen molar-refractivity contribution in [3.63, 3.8) is 0 Å². The van der Waals surface area contributed by atoms with Crippen LogP contribution in [0.4, 0.5) is 0 Å². The Morgan fingerprint density at radius 3 is 2.50 bits per heavy atom. The molecule has 0 amide bonds. The molecule has 2 heterocycles. The van der Waals surface area contributed by atoms with Crippen LogP contribution in [0.15, 0.2) is 64.4 Å². The fourth-order valence-corrected chi connectivity index (χ4v) is 4.80. The van der Waals surface area contributed by atoms with Crippen molar-refractivity contribution in [1.29, 1.82) is 0 Å². The summed E-state index contributed by atoms with van der Waals surface area (Å²) in [4.78, 5) is 44.7. The van der Waals surface area contributed by atoms with Crippen LogP contribution in [0.2, 0.25) is 5.02 Å². The average molecular weight is 479 g/mol. The first-order chi connectivity index (χ1) is 16.5. The highest BCUT2D eigenvalue weighted by Gasteiger charge is 2.27. The summed E-state index contributed by atoms with van der Waals surface area (Å²) in [6.07, 6.45) is 4.86. The lowest BCUT2D eigenvalue weighted by Crippen LogP contribution is -2.42. The number of aromatic nitrogens is 4. The van der Waals surface area contributed by atoms with Gasteiger partial charge in [0.2, 0.25) is 0 Å². The first-order valence-electron chi connectivity index (χ1n) is 11.1. The van der Waals surface area contributed by atoms with Crippen LogP contribution in [0.3, 0.4) is 0 Å². The molecule has 2 aromatic carbocycles. The number of imidazole rings is 1. The smallest absolute Gasteiger partial charge is 0.337 e. The number of methoxy groups -OCH3 is 1. The lowest BCUT2D eigenvalue weighted by Gasteiger charge is -2.18. The number of ketones is 1. The summed E-state index contributed by atoms with van der Waals surface area (Å²) >= 11 is 5.94. The molecule has 1 aliphatic carbocycles. The van der Waals surface area contributed by atoms with E-state index in [0.717, 1.165) is 25.7 Å². The van der Waals surface area contributed by atoms with Gasteiger partial charge in [0, 0.05) is 16.6 Å². The van der Waals surface area contributed by atoms with Crippen LogP contribution >= 0.6 is 11.6 Å². The molecule has 1 aliphatic rings. The number of hydrogen-bond acceptors (Lipinski definition) is 5. The third-order valence-electron chi connectivity index (χ3n) is 6.35. The third-order valence-corrected chi connectivity index (χ3v) is 6.60. The van der Waals surface area contributed by atoms with Gasteiger partial charge in [-0.25, -0.2) is 14.3 Å². The maximum Gasteiger partial charge on any atom is 0.337 e. The van der Waals surface area contributed by atoms with Crippen molar-refractivity contribution in [2.75, 3.05) is 7.11 Å². The van der Waals surface area contributed by atoms with Gasteiger partial charge in [-0.05, 0) is 49.2 Å². The number of hydrogen-bond donors (Lipinski definition) is 0. The molecule has 0 bridgehead atoms. The molecule has 174 valence electrons. The highest BCUT2D eigenvalue weighted by atomic mass is 35.5. The van der Waals surface area contributed by atoms with E-state index in [1.54, 1.807) is 48.5 Å². The second-order valence-corrected chi connectivity index (χ2v) is 8.81. The largest absolute Gasteiger partial charge is 0.495 e. The number of halogens is 1. The van der Waals surface area contributed by atoms with E-state index in [2.05, 4.69) is 4.98 Å². The fourth-order valence-electron chi connectivity index (χ4n) is 4.67. The Labute approximate surface area is 200 Å². The molecule has 8 nitrogen and oxygen atoms in total. The van der Waals surface area contributed by atoms with Crippen molar-refractivity contribution in [3.8, 4) is 11.4 Å². The van der Waals surface area contributed by atoms with E-state index < -0.39 is 11.2 Å². The normalized spacial score (nSPS) is 14.1. The summed E-state index contributed by atoms with van der Waals surface area (Å²) in [6, 6.07) is 13.5. The molecule has 0 unspecified atom stereocenters. The number of para-hydroxylation sites is 2. The topological polar surface area (TPSA) is 88.1 Å². The molecule has 34 heavy (non-hydrogen) atoms. The van der Waals surface area contributed by atoms with E-state index in [9.17, 15) is 14.4 Å². The van der Waals surface area contributed by atoms with Crippen molar-refractivity contribution in [3.05, 3.63) is 86.3 Å². The number of carbonyl (C=O) groups excluding carboxylic acids is 1. The van der Waals surface area contributed by atoms with Gasteiger partial charge in [-0.3, -0.25) is 14.2 Å². The van der Waals surface area contributed by atoms with Crippen molar-refractivity contribution in [1.82, 2.24) is 18.7 Å². The molecule has 0 radical (unpaired) electrons. The number of benzene rings is 2. The first-order valence-corrected chi connectivity index (χ1v) is 11.5. The zero-order valence-electron chi connectivity index (χ0n) is 18.6. The van der Waals surface area contributed by atoms with Crippen LogP contribution in [0.25, 0.3) is 16.9 Å². The maximum atomic E-state index is 13.7. The predicted molar refractivity (Wildman–Crippen MR) is 129 cm³/mol. The van der Waals surface area contributed by atoms with Crippen LogP contribution < -0.4 is 16.0 Å². The molecule has 4 aromatic rings. The van der Waals surface area contributed by atoms with E-state index in [4.69, 9.17) is 16.3 Å². The summed E-state index contributed by atoms with van der Waals surface area (Å²) in [7, 11) is 1.53. The first kappa shape index (κ1) is 22.2. The minimum absolute atomic E-state index is 0.0951. The Kier molecular flexibility index (Phi) is 5.83. The van der Waals surface area contributed by atoms with E-state index in [-0.39, 0.29) is 29.5 Å². The monoisotopic (exact) mass is 478 g/mol. The molecule has 1 saturated carbocycles. The minimum Gasteiger partial charge on any atom is -0.495 e. The second kappa shape index (κ2) is 8.95. The van der Waals surface area contributed by atoms with Crippen molar-refractivity contribution in [2.45, 2.75) is 38.3 Å². The van der Waals surface area contributed by atoms with Gasteiger partial charge in [0.05, 0.1) is 25.7 Å². The van der Waals surface area contributed by atoms with Gasteiger partial charge >= 0.3 is 5.69 Å². The van der Waals surface area contributed by atoms with Gasteiger partial charge in [-0.15, -0.1) is 0 Å². The van der Waals surface area contributed by atoms with Gasteiger partial charge in [0.15, 0.2) is 16.9 Å². The van der Waals surface area contributed by atoms with Gasteiger partial charge in [0.1, 0.15) is 5.75 Å². The fraction of sp³-hybridized carbons (Fsp3) is 0.280. The zero-order chi connectivity index (χ0) is 23.8. The Morgan fingerprint density at radius 2 is 1.79 bits per heavy atom. The quantitative estimate of drug-likeness (QED) is 0.391. The second-order valence-electron chi connectivity index (χ2n) is 8.38. The van der Waals surface area contributed by atoms with Crippen molar-refractivity contribution < 1.29 is 9.53 Å². The Hall–Kier alpha value is -3.65. The standard InChI is InChI=1S/C25H23ClN4O4/c1-34-21-9-5-4-8-19(21)30-23-22(24(32)29(25(30)33)18-6-2-3-7-18)28(15-27-23)14-20(31)16-10-12-17(26)13-11-16/h4-5,8-13,15,18H,2-3,6-7,14H2,1H3. The Balaban J connectivity index is 1.73. The van der Waals surface area contributed by atoms with Crippen LogP contribution in [-0.2, 0) is 6.54 Å². The number of nitrogens with zero attached hydrogens (tertiary/aromatic N) is 4. The molecule has 0 spiro atoms. The van der Waals surface area contributed by atoms with Crippen molar-refractivity contribution >= 4 is 28.5 Å². The number of carbonyl (C=O) groups is 1. The number of rotatable bonds is 6. The van der Waals surface area contributed by atoms with Crippen LogP contribution in [0.5, 0.6) is 5.75 Å². The molecule has 0 saturated heterocycles. The Bertz CT molecular complexity index is 1490. The third kappa shape index (κ3) is 3.74. The summed E-state index contributed by atoms with van der Waals surface area (Å²) in [5.74, 6) is 0.284. The molecule has 0 atom stereocenters. The molecular formula is C25H23ClN4O4. The molecule has 9 heteroatoms. The highest BCUT2D eigenvalue weighted by Crippen LogP contribution is 2.29. The number of Topliss-reactive ketones (excluding diaryl/α,β-unsaturated/α-hetero) is 1. The van der Waals surface area contributed by atoms with E-state index in [0.29, 0.717) is 22.0 Å². The SMILES string of the molecule is COc1ccccc1-n1c(=O)n(C2CCCC2)c(=O)c2c1ncn2CC(=O)c1ccc(Cl)cc1. The summed E-state index contributed by atoms with van der Waals surface area (Å²) in [5, 5.41) is 0.532. The van der Waals surface area contributed by atoms with Gasteiger partial charge in [0.25, 0.3) is 5.56 Å². The lowest BCUT2D eigenvalue weighted by atomic mass is 10.1. The van der Waals surface area contributed by atoms with Gasteiger partial charge in [-0.1, -0.05) is 36.6 Å². The molecule has 0 aliphatic heterocycles. The van der Waals surface area contributed by atoms with Gasteiger partial charge < -0.3 is 9.30 Å². The van der Waals surface area contributed by atoms with E-state index >= 15 is 0 Å². The molecule has 5 rings (SSSR count). The number of fused-ring (bicyclic) bond motifs is 1. The minimum atomic E-state index is -0.455. The van der Waals surface area contributed by atoms with E-state index in [1.807, 2.05) is 0 Å². The summed E-state index contributed by atoms with van der Waals surface area (Å²) in [6.45, 7) is -0.0951. The van der Waals surface area contributed by atoms with Crippen LogP contribution in [0, 0.1) is 0 Å². The summed E-state index contributed by atoms with van der Waals surface area (Å²) < 4.78 is 9.75. The molecular weight excluding hydrogens is 456 g/mol. The average Bonchev–Trinajstić information content (AvgIpc) is 3.51. The zero-order valence-corrected chi connectivity index (χ0v) is 19.4. The van der Waals surface area contributed by atoms with Gasteiger partial charge in [-0.2, -0.15) is 0 Å².